The van der Waals surface area contributed by atoms with Crippen LogP contribution in [-0.4, -0.2) is 21.4 Å². The van der Waals surface area contributed by atoms with Gasteiger partial charge in [0, 0.05) is 6.20 Å². The molecule has 0 aliphatic rings. The van der Waals surface area contributed by atoms with Crippen molar-refractivity contribution in [1.29, 1.82) is 0 Å². The second-order valence-corrected chi connectivity index (χ2v) is 4.48. The summed E-state index contributed by atoms with van der Waals surface area (Å²) in [4.78, 5) is 11.3. The maximum Gasteiger partial charge on any atom is 0.435 e. The molecule has 0 saturated carbocycles. The summed E-state index contributed by atoms with van der Waals surface area (Å²) in [5, 5.41) is 3.24. The fourth-order valence-corrected chi connectivity index (χ4v) is 1.11. The number of alkyl halides is 3. The maximum absolute atomic E-state index is 12.2. The molecule has 1 rings (SSSR count). The Labute approximate surface area is 96.4 Å². The van der Waals surface area contributed by atoms with Crippen molar-refractivity contribution >= 4 is 5.97 Å². The Kier molecular flexibility index (Phi) is 3.49. The van der Waals surface area contributed by atoms with E-state index < -0.39 is 23.4 Å². The Morgan fingerprint density at radius 2 is 2.00 bits per heavy atom. The summed E-state index contributed by atoms with van der Waals surface area (Å²) < 4.78 is 42.5. The molecule has 4 nitrogen and oxygen atoms in total. The molecule has 0 aromatic carbocycles. The molecule has 7 heteroatoms. The van der Waals surface area contributed by atoms with Crippen molar-refractivity contribution in [1.82, 2.24) is 9.78 Å². The van der Waals surface area contributed by atoms with Crippen molar-refractivity contribution in [3.63, 3.8) is 0 Å². The van der Waals surface area contributed by atoms with Gasteiger partial charge in [0.25, 0.3) is 0 Å². The first-order valence-electron chi connectivity index (χ1n) is 4.90. The largest absolute Gasteiger partial charge is 0.459 e. The summed E-state index contributed by atoms with van der Waals surface area (Å²) in [6, 6.07) is 0.810. The Hall–Kier alpha value is -1.53. The fraction of sp³-hybridized carbons (Fsp3) is 0.600. The van der Waals surface area contributed by atoms with Crippen molar-refractivity contribution in [3.05, 3.63) is 18.0 Å². The summed E-state index contributed by atoms with van der Waals surface area (Å²) in [5.74, 6) is -0.630. The highest BCUT2D eigenvalue weighted by molar-refractivity contribution is 5.69. The van der Waals surface area contributed by atoms with Crippen LogP contribution in [-0.2, 0) is 22.3 Å². The van der Waals surface area contributed by atoms with E-state index in [0.717, 1.165) is 16.9 Å². The number of aromatic nitrogens is 2. The number of hydrogen-bond donors (Lipinski definition) is 0. The van der Waals surface area contributed by atoms with Crippen LogP contribution in [0.2, 0.25) is 0 Å². The molecule has 0 radical (unpaired) electrons. The van der Waals surface area contributed by atoms with Crippen LogP contribution in [0.3, 0.4) is 0 Å². The highest BCUT2D eigenvalue weighted by Gasteiger charge is 2.33. The Bertz CT molecular complexity index is 404. The van der Waals surface area contributed by atoms with Crippen LogP contribution in [0.1, 0.15) is 26.5 Å². The molecule has 0 N–H and O–H groups in total. The van der Waals surface area contributed by atoms with E-state index in [4.69, 9.17) is 4.74 Å². The van der Waals surface area contributed by atoms with Crippen molar-refractivity contribution in [2.75, 3.05) is 0 Å². The zero-order chi connectivity index (χ0) is 13.3. The minimum Gasteiger partial charge on any atom is -0.459 e. The molecule has 0 atom stereocenters. The van der Waals surface area contributed by atoms with Gasteiger partial charge >= 0.3 is 12.1 Å². The summed E-state index contributed by atoms with van der Waals surface area (Å²) in [5.41, 5.74) is -1.70. The van der Waals surface area contributed by atoms with E-state index in [1.807, 2.05) is 0 Å². The zero-order valence-corrected chi connectivity index (χ0v) is 9.71. The van der Waals surface area contributed by atoms with Crippen LogP contribution in [0.4, 0.5) is 13.2 Å². The molecule has 0 aliphatic carbocycles. The Morgan fingerprint density at radius 3 is 2.41 bits per heavy atom. The lowest BCUT2D eigenvalue weighted by Crippen LogP contribution is -2.26. The van der Waals surface area contributed by atoms with Gasteiger partial charge in [0.15, 0.2) is 5.69 Å². The summed E-state index contributed by atoms with van der Waals surface area (Å²) >= 11 is 0. The zero-order valence-electron chi connectivity index (χ0n) is 9.71. The van der Waals surface area contributed by atoms with Crippen molar-refractivity contribution in [2.45, 2.75) is 39.1 Å². The molecule has 0 amide bonds. The van der Waals surface area contributed by atoms with E-state index >= 15 is 0 Å². The number of carbonyl (C=O) groups is 1. The first kappa shape index (κ1) is 13.5. The minimum atomic E-state index is -4.50. The van der Waals surface area contributed by atoms with Crippen LogP contribution in [0.25, 0.3) is 0 Å². The van der Waals surface area contributed by atoms with Gasteiger partial charge < -0.3 is 4.74 Å². The van der Waals surface area contributed by atoms with Crippen LogP contribution >= 0.6 is 0 Å². The molecule has 0 fully saturated rings. The molecule has 1 aromatic heterocycles. The lowest BCUT2D eigenvalue weighted by Gasteiger charge is -2.19. The lowest BCUT2D eigenvalue weighted by molar-refractivity contribution is -0.156. The molecular weight excluding hydrogens is 237 g/mol. The van der Waals surface area contributed by atoms with Gasteiger partial charge in [-0.25, -0.2) is 0 Å². The Balaban J connectivity index is 2.65. The van der Waals surface area contributed by atoms with Gasteiger partial charge in [0.2, 0.25) is 0 Å². The van der Waals surface area contributed by atoms with Gasteiger partial charge in [0.05, 0.1) is 0 Å². The second-order valence-electron chi connectivity index (χ2n) is 4.48. The van der Waals surface area contributed by atoms with E-state index in [1.165, 1.54) is 0 Å². The minimum absolute atomic E-state index is 0.340. The average molecular weight is 250 g/mol. The van der Waals surface area contributed by atoms with E-state index in [0.29, 0.717) is 0 Å². The molecule has 1 aromatic rings. The smallest absolute Gasteiger partial charge is 0.435 e. The first-order chi connectivity index (χ1) is 7.58. The van der Waals surface area contributed by atoms with Gasteiger partial charge in [0.1, 0.15) is 12.1 Å². The third-order valence-corrected chi connectivity index (χ3v) is 1.64. The van der Waals surface area contributed by atoms with E-state index in [1.54, 1.807) is 20.8 Å². The number of esters is 1. The molecule has 0 saturated heterocycles. The monoisotopic (exact) mass is 250 g/mol. The molecule has 0 unspecified atom stereocenters. The number of ether oxygens (including phenoxy) is 1. The van der Waals surface area contributed by atoms with E-state index in [9.17, 15) is 18.0 Å². The summed E-state index contributed by atoms with van der Waals surface area (Å²) in [7, 11) is 0. The summed E-state index contributed by atoms with van der Waals surface area (Å²) in [6.45, 7) is 4.69. The first-order valence-corrected chi connectivity index (χ1v) is 4.90. The van der Waals surface area contributed by atoms with E-state index in [2.05, 4.69) is 5.10 Å². The molecule has 96 valence electrons. The standard InChI is InChI=1S/C10H13F3N2O2/c1-9(2,3)17-8(16)6-15-5-4-7(14-15)10(11,12)13/h4-5H,6H2,1-3H3. The molecule has 0 spiro atoms. The third kappa shape index (κ3) is 4.46. The lowest BCUT2D eigenvalue weighted by atomic mass is 10.2. The quantitative estimate of drug-likeness (QED) is 0.756. The molecule has 1 heterocycles. The van der Waals surface area contributed by atoms with Crippen LogP contribution in [0.15, 0.2) is 12.3 Å². The van der Waals surface area contributed by atoms with Crippen molar-refractivity contribution in [3.8, 4) is 0 Å². The molecule has 0 aliphatic heterocycles. The second kappa shape index (κ2) is 4.38. The molecular formula is C10H13F3N2O2. The average Bonchev–Trinajstić information content (AvgIpc) is 2.47. The maximum atomic E-state index is 12.2. The van der Waals surface area contributed by atoms with Gasteiger partial charge in [-0.05, 0) is 26.8 Å². The number of halogens is 3. The fourth-order valence-electron chi connectivity index (χ4n) is 1.11. The number of hydrogen-bond acceptors (Lipinski definition) is 3. The van der Waals surface area contributed by atoms with Gasteiger partial charge in [-0.15, -0.1) is 0 Å². The van der Waals surface area contributed by atoms with Crippen molar-refractivity contribution < 1.29 is 22.7 Å². The van der Waals surface area contributed by atoms with Gasteiger partial charge in [-0.3, -0.25) is 9.48 Å². The normalized spacial score (nSPS) is 12.6. The van der Waals surface area contributed by atoms with Gasteiger partial charge in [-0.2, -0.15) is 18.3 Å². The topological polar surface area (TPSA) is 44.1 Å². The van der Waals surface area contributed by atoms with Crippen LogP contribution in [0.5, 0.6) is 0 Å². The van der Waals surface area contributed by atoms with Crippen LogP contribution < -0.4 is 0 Å². The SMILES string of the molecule is CC(C)(C)OC(=O)Cn1ccc(C(F)(F)F)n1. The predicted octanol–water partition coefficient (Wildman–Crippen LogP) is 2.24. The molecule has 17 heavy (non-hydrogen) atoms. The van der Waals surface area contributed by atoms with Gasteiger partial charge in [-0.1, -0.05) is 0 Å². The van der Waals surface area contributed by atoms with E-state index in [-0.39, 0.29) is 6.54 Å². The number of nitrogens with zero attached hydrogens (tertiary/aromatic N) is 2. The Morgan fingerprint density at radius 1 is 1.41 bits per heavy atom. The third-order valence-electron chi connectivity index (χ3n) is 1.64. The van der Waals surface area contributed by atoms with Crippen LogP contribution in [0, 0.1) is 0 Å². The number of rotatable bonds is 2. The molecule has 0 bridgehead atoms. The highest BCUT2D eigenvalue weighted by Crippen LogP contribution is 2.27. The number of carbonyl (C=O) groups excluding carboxylic acids is 1. The predicted molar refractivity (Wildman–Crippen MR) is 53.1 cm³/mol. The summed E-state index contributed by atoms with van der Waals surface area (Å²) in [6.07, 6.45) is -3.41. The van der Waals surface area contributed by atoms with Crippen molar-refractivity contribution in [2.24, 2.45) is 0 Å². The highest BCUT2D eigenvalue weighted by atomic mass is 19.4.